The van der Waals surface area contributed by atoms with Gasteiger partial charge in [-0.3, -0.25) is 9.48 Å². The highest BCUT2D eigenvalue weighted by Crippen LogP contribution is 2.21. The van der Waals surface area contributed by atoms with E-state index in [9.17, 15) is 4.79 Å². The summed E-state index contributed by atoms with van der Waals surface area (Å²) in [7, 11) is 0. The molecule has 0 aliphatic heterocycles. The summed E-state index contributed by atoms with van der Waals surface area (Å²) in [6, 6.07) is 0. The van der Waals surface area contributed by atoms with Crippen LogP contribution in [0.5, 0.6) is 0 Å². The summed E-state index contributed by atoms with van der Waals surface area (Å²) >= 11 is 9.22. The summed E-state index contributed by atoms with van der Waals surface area (Å²) in [5.74, 6) is 0. The van der Waals surface area contributed by atoms with Crippen LogP contribution in [0.1, 0.15) is 18.3 Å². The van der Waals surface area contributed by atoms with E-state index in [4.69, 9.17) is 11.6 Å². The van der Waals surface area contributed by atoms with Gasteiger partial charge in [-0.05, 0) is 29.8 Å². The second kappa shape index (κ2) is 5.24. The number of rotatable bonds is 3. The van der Waals surface area contributed by atoms with Gasteiger partial charge in [0.25, 0.3) is 5.56 Å². The van der Waals surface area contributed by atoms with Gasteiger partial charge in [-0.15, -0.1) is 0 Å². The van der Waals surface area contributed by atoms with Gasteiger partial charge < -0.3 is 4.57 Å². The molecule has 0 bridgehead atoms. The van der Waals surface area contributed by atoms with Crippen LogP contribution in [-0.4, -0.2) is 19.3 Å². The molecule has 2 aromatic heterocycles. The molecule has 0 atom stereocenters. The first-order valence-corrected chi connectivity index (χ1v) is 6.64. The first-order valence-electron chi connectivity index (χ1n) is 5.47. The van der Waals surface area contributed by atoms with E-state index >= 15 is 0 Å². The van der Waals surface area contributed by atoms with Crippen LogP contribution in [0.15, 0.2) is 21.7 Å². The average molecular weight is 332 g/mol. The van der Waals surface area contributed by atoms with E-state index in [1.165, 1.54) is 10.8 Å². The fourth-order valence-electron chi connectivity index (χ4n) is 1.73. The lowest BCUT2D eigenvalue weighted by molar-refractivity contribution is 0.589. The van der Waals surface area contributed by atoms with E-state index in [1.54, 1.807) is 6.20 Å². The van der Waals surface area contributed by atoms with Crippen molar-refractivity contribution in [3.05, 3.63) is 43.8 Å². The number of nitrogens with zero attached hydrogens (tertiary/aromatic N) is 4. The van der Waals surface area contributed by atoms with Crippen molar-refractivity contribution in [1.29, 1.82) is 0 Å². The largest absolute Gasteiger partial charge is 0.305 e. The Bertz CT molecular complexity index is 634. The molecule has 0 spiro atoms. The summed E-state index contributed by atoms with van der Waals surface area (Å²) in [5.41, 5.74) is 1.55. The number of hydrogen-bond donors (Lipinski definition) is 0. The first-order chi connectivity index (χ1) is 8.54. The SMILES string of the molecule is CCn1nc(C)c(Br)c1Cn1ccnc(Cl)c1=O. The van der Waals surface area contributed by atoms with Gasteiger partial charge in [0, 0.05) is 18.9 Å². The Labute approximate surface area is 118 Å². The maximum Gasteiger partial charge on any atom is 0.288 e. The van der Waals surface area contributed by atoms with Crippen LogP contribution in [0.3, 0.4) is 0 Å². The van der Waals surface area contributed by atoms with Crippen molar-refractivity contribution in [2.75, 3.05) is 0 Å². The molecule has 2 aromatic rings. The van der Waals surface area contributed by atoms with Crippen molar-refractivity contribution in [1.82, 2.24) is 19.3 Å². The molecule has 0 N–H and O–H groups in total. The smallest absolute Gasteiger partial charge is 0.288 e. The minimum Gasteiger partial charge on any atom is -0.305 e. The molecule has 0 amide bonds. The maximum atomic E-state index is 11.8. The molecular formula is C11H12BrClN4O. The zero-order valence-corrected chi connectivity index (χ0v) is 12.4. The van der Waals surface area contributed by atoms with Crippen molar-refractivity contribution in [3.63, 3.8) is 0 Å². The van der Waals surface area contributed by atoms with Crippen LogP contribution in [-0.2, 0) is 13.1 Å². The van der Waals surface area contributed by atoms with Crippen molar-refractivity contribution in [2.45, 2.75) is 26.9 Å². The Morgan fingerprint density at radius 1 is 1.50 bits per heavy atom. The fourth-order valence-corrected chi connectivity index (χ4v) is 2.30. The van der Waals surface area contributed by atoms with Crippen molar-refractivity contribution in [2.24, 2.45) is 0 Å². The van der Waals surface area contributed by atoms with Gasteiger partial charge in [-0.2, -0.15) is 5.10 Å². The van der Waals surface area contributed by atoms with Gasteiger partial charge >= 0.3 is 0 Å². The molecule has 96 valence electrons. The van der Waals surface area contributed by atoms with Crippen LogP contribution in [0.2, 0.25) is 5.15 Å². The Kier molecular flexibility index (Phi) is 3.87. The Morgan fingerprint density at radius 2 is 2.22 bits per heavy atom. The van der Waals surface area contributed by atoms with Gasteiger partial charge in [0.2, 0.25) is 0 Å². The average Bonchev–Trinajstić information content (AvgIpc) is 2.62. The van der Waals surface area contributed by atoms with Crippen LogP contribution >= 0.6 is 27.5 Å². The molecule has 2 rings (SSSR count). The second-order valence-electron chi connectivity index (χ2n) is 3.81. The fraction of sp³-hybridized carbons (Fsp3) is 0.364. The molecule has 7 heteroatoms. The molecule has 0 saturated carbocycles. The van der Waals surface area contributed by atoms with E-state index in [1.807, 2.05) is 18.5 Å². The Balaban J connectivity index is 2.46. The molecule has 5 nitrogen and oxygen atoms in total. The minimum atomic E-state index is -0.299. The topological polar surface area (TPSA) is 52.7 Å². The first kappa shape index (κ1) is 13.3. The monoisotopic (exact) mass is 330 g/mol. The molecule has 2 heterocycles. The van der Waals surface area contributed by atoms with Crippen molar-refractivity contribution in [3.8, 4) is 0 Å². The van der Waals surface area contributed by atoms with Crippen molar-refractivity contribution < 1.29 is 0 Å². The Hall–Kier alpha value is -1.14. The summed E-state index contributed by atoms with van der Waals surface area (Å²) in [6.45, 7) is 5.08. The lowest BCUT2D eigenvalue weighted by Crippen LogP contribution is -2.22. The van der Waals surface area contributed by atoms with Crippen LogP contribution in [0.4, 0.5) is 0 Å². The molecular weight excluding hydrogens is 320 g/mol. The van der Waals surface area contributed by atoms with Gasteiger partial charge in [-0.25, -0.2) is 4.98 Å². The van der Waals surface area contributed by atoms with Gasteiger partial charge in [0.1, 0.15) is 0 Å². The summed E-state index contributed by atoms with van der Waals surface area (Å²) < 4.78 is 4.30. The molecule has 0 unspecified atom stereocenters. The number of aromatic nitrogens is 4. The molecule has 0 aliphatic carbocycles. The third kappa shape index (κ3) is 2.35. The van der Waals surface area contributed by atoms with Gasteiger partial charge in [0.05, 0.1) is 22.4 Å². The molecule has 18 heavy (non-hydrogen) atoms. The third-order valence-corrected chi connectivity index (χ3v) is 3.94. The van der Waals surface area contributed by atoms with E-state index in [0.29, 0.717) is 6.54 Å². The van der Waals surface area contributed by atoms with Gasteiger partial charge in [0.15, 0.2) is 5.15 Å². The lowest BCUT2D eigenvalue weighted by Gasteiger charge is -2.08. The number of aryl methyl sites for hydroxylation is 2. The highest BCUT2D eigenvalue weighted by atomic mass is 79.9. The summed E-state index contributed by atoms with van der Waals surface area (Å²) in [6.07, 6.45) is 3.13. The predicted octanol–water partition coefficient (Wildman–Crippen LogP) is 2.23. The van der Waals surface area contributed by atoms with E-state index in [0.717, 1.165) is 22.4 Å². The summed E-state index contributed by atoms with van der Waals surface area (Å²) in [4.78, 5) is 15.6. The third-order valence-electron chi connectivity index (χ3n) is 2.64. The maximum absolute atomic E-state index is 11.8. The van der Waals surface area contributed by atoms with E-state index in [2.05, 4.69) is 26.0 Å². The molecule has 0 fully saturated rings. The second-order valence-corrected chi connectivity index (χ2v) is 4.96. The highest BCUT2D eigenvalue weighted by Gasteiger charge is 2.13. The summed E-state index contributed by atoms with van der Waals surface area (Å²) in [5, 5.41) is 4.36. The van der Waals surface area contributed by atoms with Gasteiger partial charge in [-0.1, -0.05) is 11.6 Å². The van der Waals surface area contributed by atoms with E-state index < -0.39 is 0 Å². The lowest BCUT2D eigenvalue weighted by atomic mass is 10.3. The van der Waals surface area contributed by atoms with E-state index in [-0.39, 0.29) is 10.7 Å². The predicted molar refractivity (Wildman–Crippen MR) is 72.9 cm³/mol. The Morgan fingerprint density at radius 3 is 2.89 bits per heavy atom. The zero-order valence-electron chi connectivity index (χ0n) is 10.0. The zero-order chi connectivity index (χ0) is 13.3. The van der Waals surface area contributed by atoms with Crippen LogP contribution < -0.4 is 5.56 Å². The molecule has 0 aromatic carbocycles. The normalized spacial score (nSPS) is 10.9. The minimum absolute atomic E-state index is 0.0205. The van der Waals surface area contributed by atoms with Crippen molar-refractivity contribution >= 4 is 27.5 Å². The molecule has 0 aliphatic rings. The van der Waals surface area contributed by atoms with Crippen LogP contribution in [0, 0.1) is 6.92 Å². The highest BCUT2D eigenvalue weighted by molar-refractivity contribution is 9.10. The quantitative estimate of drug-likeness (QED) is 0.866. The molecule has 0 radical (unpaired) electrons. The molecule has 0 saturated heterocycles. The standard InChI is InChI=1S/C11H12BrClN4O/c1-3-17-8(9(12)7(2)15-17)6-16-5-4-14-10(13)11(16)18/h4-5H,3,6H2,1-2H3. The number of halogens is 2. The number of hydrogen-bond acceptors (Lipinski definition) is 3. The van der Waals surface area contributed by atoms with Crippen LogP contribution in [0.25, 0.3) is 0 Å².